The third-order valence-electron chi connectivity index (χ3n) is 3.08. The molecule has 2 rings (SSSR count). The largest absolute Gasteiger partial charge is 0.491 e. The first-order chi connectivity index (χ1) is 10.4. The minimum absolute atomic E-state index is 0.0328. The van der Waals surface area contributed by atoms with E-state index >= 15 is 0 Å². The quantitative estimate of drug-likeness (QED) is 0.526. The zero-order valence-electron chi connectivity index (χ0n) is 11.1. The van der Waals surface area contributed by atoms with Crippen LogP contribution in [-0.4, -0.2) is 62.0 Å². The van der Waals surface area contributed by atoms with Gasteiger partial charge in [-0.2, -0.15) is 26.3 Å². The average Bonchev–Trinajstić information content (AvgIpc) is 2.78. The molecule has 2 aliphatic rings. The molecule has 0 saturated carbocycles. The number of esters is 2. The Morgan fingerprint density at radius 3 is 2.22 bits per heavy atom. The van der Waals surface area contributed by atoms with E-state index in [0.29, 0.717) is 0 Å². The summed E-state index contributed by atoms with van der Waals surface area (Å²) in [5.41, 5.74) is 0. The highest BCUT2D eigenvalue weighted by Gasteiger charge is 2.57. The maximum absolute atomic E-state index is 12.3. The van der Waals surface area contributed by atoms with Gasteiger partial charge >= 0.3 is 24.3 Å². The van der Waals surface area contributed by atoms with Gasteiger partial charge in [0.15, 0.2) is 0 Å². The number of fused-ring (bicyclic) bond motifs is 1. The summed E-state index contributed by atoms with van der Waals surface area (Å²) in [7, 11) is 0. The number of rotatable bonds is 2. The fourth-order valence-corrected chi connectivity index (χ4v) is 2.12. The van der Waals surface area contributed by atoms with Crippen LogP contribution in [0.2, 0.25) is 0 Å². The van der Waals surface area contributed by atoms with Gasteiger partial charge in [0.1, 0.15) is 0 Å². The summed E-state index contributed by atoms with van der Waals surface area (Å²) in [6, 6.07) is -0.949. The smallest absolute Gasteiger partial charge is 0.428 e. The van der Waals surface area contributed by atoms with Gasteiger partial charge in [0.05, 0.1) is 19.1 Å². The Hall–Kier alpha value is -1.60. The van der Waals surface area contributed by atoms with Crippen LogP contribution in [0.1, 0.15) is 0 Å². The number of carbonyl (C=O) groups excluding carboxylic acids is 2. The van der Waals surface area contributed by atoms with Crippen molar-refractivity contribution in [3.8, 4) is 0 Å². The average molecular weight is 352 g/mol. The summed E-state index contributed by atoms with van der Waals surface area (Å²) in [6.07, 6.45) is -12.5. The number of morpholine rings is 1. The fraction of sp³-hybridized carbons (Fsp3) is 0.800. The van der Waals surface area contributed by atoms with Crippen molar-refractivity contribution in [2.45, 2.75) is 30.5 Å². The molecule has 2 fully saturated rings. The normalized spacial score (nSPS) is 31.4. The minimum Gasteiger partial charge on any atom is -0.428 e. The predicted molar refractivity (Wildman–Crippen MR) is 56.6 cm³/mol. The lowest BCUT2D eigenvalue weighted by atomic mass is 10.1. The summed E-state index contributed by atoms with van der Waals surface area (Å²) >= 11 is 0. The Labute approximate surface area is 124 Å². The Balaban J connectivity index is 2.10. The Bertz CT molecular complexity index is 495. The first-order valence-electron chi connectivity index (χ1n) is 6.14. The van der Waals surface area contributed by atoms with Crippen LogP contribution in [0.4, 0.5) is 26.3 Å². The van der Waals surface area contributed by atoms with Gasteiger partial charge < -0.3 is 20.1 Å². The van der Waals surface area contributed by atoms with Gasteiger partial charge in [-0.1, -0.05) is 0 Å². The van der Waals surface area contributed by atoms with Crippen molar-refractivity contribution in [2.24, 2.45) is 0 Å². The van der Waals surface area contributed by atoms with E-state index in [1.165, 1.54) is 0 Å². The Kier molecular flexibility index (Phi) is 4.47. The molecule has 0 aliphatic carbocycles. The summed E-state index contributed by atoms with van der Waals surface area (Å²) in [6.45, 7) is -0.808. The van der Waals surface area contributed by atoms with E-state index in [-0.39, 0.29) is 6.54 Å². The lowest BCUT2D eigenvalue weighted by Crippen LogP contribution is -2.64. The van der Waals surface area contributed by atoms with Crippen LogP contribution in [0.15, 0.2) is 0 Å². The lowest BCUT2D eigenvalue weighted by Gasteiger charge is -2.41. The van der Waals surface area contributed by atoms with Crippen molar-refractivity contribution in [3.05, 3.63) is 0 Å². The van der Waals surface area contributed by atoms with Crippen molar-refractivity contribution in [3.63, 3.8) is 0 Å². The van der Waals surface area contributed by atoms with Crippen molar-refractivity contribution in [2.75, 3.05) is 19.6 Å². The first kappa shape index (κ1) is 17.7. The maximum atomic E-state index is 12.3. The van der Waals surface area contributed by atoms with E-state index in [1.54, 1.807) is 0 Å². The number of nitrogens with one attached hydrogen (secondary N) is 2. The molecule has 0 amide bonds. The van der Waals surface area contributed by atoms with Gasteiger partial charge in [0.2, 0.25) is 12.1 Å². The van der Waals surface area contributed by atoms with Gasteiger partial charge in [-0.05, 0) is 0 Å². The number of hydrogen-bond acceptors (Lipinski definition) is 7. The molecule has 0 spiro atoms. The van der Waals surface area contributed by atoms with Crippen LogP contribution in [0.5, 0.6) is 0 Å². The topological polar surface area (TPSA) is 85.9 Å². The standard InChI is InChI=1S/C10H10F6N2O5/c11-9(12,13)6(19)21-5-2-18-4-1-17-3-8(4,22-5)23-7(20)10(14,15)16/h4-5,17-18H,1-3H2. The van der Waals surface area contributed by atoms with Crippen molar-refractivity contribution in [1.82, 2.24) is 10.6 Å². The molecule has 0 radical (unpaired) electrons. The Morgan fingerprint density at radius 2 is 1.65 bits per heavy atom. The van der Waals surface area contributed by atoms with Gasteiger partial charge in [0.25, 0.3) is 0 Å². The van der Waals surface area contributed by atoms with Crippen LogP contribution in [0.25, 0.3) is 0 Å². The van der Waals surface area contributed by atoms with Crippen LogP contribution in [0.3, 0.4) is 0 Å². The zero-order valence-corrected chi connectivity index (χ0v) is 11.1. The maximum Gasteiger partial charge on any atom is 0.491 e. The number of alkyl halides is 6. The molecule has 0 aromatic rings. The monoisotopic (exact) mass is 352 g/mol. The number of carbonyl (C=O) groups is 2. The summed E-state index contributed by atoms with van der Waals surface area (Å²) in [4.78, 5) is 21.7. The molecule has 2 saturated heterocycles. The summed E-state index contributed by atoms with van der Waals surface area (Å²) in [5, 5.41) is 5.08. The molecule has 2 aliphatic heterocycles. The minimum atomic E-state index is -5.32. The fourth-order valence-electron chi connectivity index (χ4n) is 2.12. The molecule has 132 valence electrons. The second kappa shape index (κ2) is 5.79. The molecule has 2 heterocycles. The summed E-state index contributed by atoms with van der Waals surface area (Å²) < 4.78 is 86.6. The molecular formula is C10H10F6N2O5. The molecular weight excluding hydrogens is 342 g/mol. The van der Waals surface area contributed by atoms with Crippen molar-refractivity contribution in [1.29, 1.82) is 0 Å². The third-order valence-corrected chi connectivity index (χ3v) is 3.08. The van der Waals surface area contributed by atoms with Crippen LogP contribution < -0.4 is 10.6 Å². The second-order valence-electron chi connectivity index (χ2n) is 4.74. The van der Waals surface area contributed by atoms with E-state index in [1.807, 2.05) is 0 Å². The molecule has 2 N–H and O–H groups in total. The molecule has 23 heavy (non-hydrogen) atoms. The molecule has 0 aromatic carbocycles. The van der Waals surface area contributed by atoms with E-state index in [9.17, 15) is 35.9 Å². The molecule has 0 aromatic heterocycles. The van der Waals surface area contributed by atoms with Crippen molar-refractivity contribution < 1.29 is 50.1 Å². The highest BCUT2D eigenvalue weighted by Crippen LogP contribution is 2.31. The van der Waals surface area contributed by atoms with Gasteiger partial charge in [-0.15, -0.1) is 0 Å². The Morgan fingerprint density at radius 1 is 1.04 bits per heavy atom. The predicted octanol–water partition coefficient (Wildman–Crippen LogP) is -0.189. The number of hydrogen-bond donors (Lipinski definition) is 2. The molecule has 0 bridgehead atoms. The van der Waals surface area contributed by atoms with Crippen LogP contribution >= 0.6 is 0 Å². The molecule has 7 nitrogen and oxygen atoms in total. The lowest BCUT2D eigenvalue weighted by molar-refractivity contribution is -0.321. The van der Waals surface area contributed by atoms with Crippen LogP contribution in [-0.2, 0) is 23.8 Å². The third kappa shape index (κ3) is 3.84. The number of halogens is 6. The van der Waals surface area contributed by atoms with E-state index < -0.39 is 55.5 Å². The molecule has 13 heteroatoms. The molecule has 3 unspecified atom stereocenters. The zero-order chi connectivity index (χ0) is 17.5. The molecule has 3 atom stereocenters. The van der Waals surface area contributed by atoms with E-state index in [4.69, 9.17) is 4.74 Å². The SMILES string of the molecule is O=C(OC1CNC2CNCC2(OC(=O)C(F)(F)F)O1)C(F)(F)F. The second-order valence-corrected chi connectivity index (χ2v) is 4.74. The van der Waals surface area contributed by atoms with Gasteiger partial charge in [-0.25, -0.2) is 9.59 Å². The van der Waals surface area contributed by atoms with Gasteiger partial charge in [-0.3, -0.25) is 4.74 Å². The van der Waals surface area contributed by atoms with E-state index in [0.717, 1.165) is 0 Å². The van der Waals surface area contributed by atoms with Crippen molar-refractivity contribution >= 4 is 11.9 Å². The first-order valence-corrected chi connectivity index (χ1v) is 6.14. The highest BCUT2D eigenvalue weighted by molar-refractivity contribution is 5.76. The highest BCUT2D eigenvalue weighted by atomic mass is 19.4. The summed E-state index contributed by atoms with van der Waals surface area (Å²) in [5.74, 6) is -7.39. The van der Waals surface area contributed by atoms with E-state index in [2.05, 4.69) is 20.1 Å². The van der Waals surface area contributed by atoms with Gasteiger partial charge in [0, 0.05) is 6.54 Å². The number of ether oxygens (including phenoxy) is 3. The van der Waals surface area contributed by atoms with Crippen LogP contribution in [0, 0.1) is 0 Å².